The third kappa shape index (κ3) is 4.11. The van der Waals surface area contributed by atoms with Gasteiger partial charge >= 0.3 is 0 Å². The summed E-state index contributed by atoms with van der Waals surface area (Å²) >= 11 is 0. The van der Waals surface area contributed by atoms with Crippen LogP contribution in [0.2, 0.25) is 0 Å². The highest BCUT2D eigenvalue weighted by atomic mass is 16.5. The van der Waals surface area contributed by atoms with Gasteiger partial charge in [-0.25, -0.2) is 4.99 Å². The van der Waals surface area contributed by atoms with Crippen molar-refractivity contribution in [3.8, 4) is 5.75 Å². The van der Waals surface area contributed by atoms with Gasteiger partial charge in [-0.3, -0.25) is 10.1 Å². The van der Waals surface area contributed by atoms with Gasteiger partial charge in [0.25, 0.3) is 5.91 Å². The van der Waals surface area contributed by atoms with Crippen LogP contribution >= 0.6 is 0 Å². The number of amides is 1. The van der Waals surface area contributed by atoms with Crippen LogP contribution in [0.3, 0.4) is 0 Å². The van der Waals surface area contributed by atoms with Crippen LogP contribution in [0.4, 0.5) is 5.69 Å². The number of fused-ring (bicyclic) bond motifs is 2. The van der Waals surface area contributed by atoms with Crippen LogP contribution in [0.1, 0.15) is 37.7 Å². The first-order valence-corrected chi connectivity index (χ1v) is 8.86. The highest BCUT2D eigenvalue weighted by Crippen LogP contribution is 2.31. The quantitative estimate of drug-likeness (QED) is 0.586. The smallest absolute Gasteiger partial charge is 0.251 e. The fourth-order valence-corrected chi connectivity index (χ4v) is 3.13. The fourth-order valence-electron chi connectivity index (χ4n) is 3.13. The molecule has 0 radical (unpaired) electrons. The highest BCUT2D eigenvalue weighted by Gasteiger charge is 2.38. The first-order valence-electron chi connectivity index (χ1n) is 8.86. The number of unbranched alkanes of at least 4 members (excludes halogenated alkanes) is 4. The Bertz CT molecular complexity index is 647. The van der Waals surface area contributed by atoms with Gasteiger partial charge in [-0.05, 0) is 31.0 Å². The SMILES string of the molecule is O=C1NC2=Nc3ccc(OCCCCCCCO)cc3CN2C1CO. The van der Waals surface area contributed by atoms with Gasteiger partial charge in [-0.2, -0.15) is 0 Å². The summed E-state index contributed by atoms with van der Waals surface area (Å²) in [6, 6.07) is 5.17. The second-order valence-corrected chi connectivity index (χ2v) is 6.38. The molecule has 2 heterocycles. The van der Waals surface area contributed by atoms with Crippen LogP contribution < -0.4 is 10.1 Å². The van der Waals surface area contributed by atoms with Crippen molar-refractivity contribution in [3.63, 3.8) is 0 Å². The molecular formula is C18H25N3O4. The number of nitrogens with one attached hydrogen (secondary N) is 1. The van der Waals surface area contributed by atoms with Crippen molar-refractivity contribution >= 4 is 17.6 Å². The maximum absolute atomic E-state index is 11.8. The zero-order valence-corrected chi connectivity index (χ0v) is 14.3. The Morgan fingerprint density at radius 1 is 1.20 bits per heavy atom. The molecule has 136 valence electrons. The van der Waals surface area contributed by atoms with Gasteiger partial charge in [-0.15, -0.1) is 0 Å². The van der Waals surface area contributed by atoms with Crippen LogP contribution in [-0.2, 0) is 11.3 Å². The first-order chi connectivity index (χ1) is 12.2. The van der Waals surface area contributed by atoms with E-state index in [0.717, 1.165) is 49.1 Å². The summed E-state index contributed by atoms with van der Waals surface area (Å²) < 4.78 is 5.82. The Labute approximate surface area is 147 Å². The number of rotatable bonds is 9. The number of carbonyl (C=O) groups excluding carboxylic acids is 1. The van der Waals surface area contributed by atoms with E-state index in [-0.39, 0.29) is 19.1 Å². The molecule has 7 heteroatoms. The van der Waals surface area contributed by atoms with Gasteiger partial charge in [-0.1, -0.05) is 19.3 Å². The van der Waals surface area contributed by atoms with Crippen molar-refractivity contribution in [2.24, 2.45) is 4.99 Å². The Morgan fingerprint density at radius 2 is 2.00 bits per heavy atom. The number of nitrogens with zero attached hydrogens (tertiary/aromatic N) is 2. The van der Waals surface area contributed by atoms with Gasteiger partial charge in [0.05, 0.1) is 18.9 Å². The number of guanidine groups is 1. The number of aliphatic hydroxyl groups excluding tert-OH is 2. The Hall–Kier alpha value is -2.12. The van der Waals surface area contributed by atoms with Crippen molar-refractivity contribution < 1.29 is 19.7 Å². The molecule has 1 saturated heterocycles. The molecule has 0 spiro atoms. The van der Waals surface area contributed by atoms with Crippen LogP contribution in [-0.4, -0.2) is 52.8 Å². The molecule has 1 aromatic rings. The first kappa shape index (κ1) is 17.7. The zero-order chi connectivity index (χ0) is 17.6. The summed E-state index contributed by atoms with van der Waals surface area (Å²) in [6.07, 6.45) is 5.13. The highest BCUT2D eigenvalue weighted by molar-refractivity contribution is 6.07. The van der Waals surface area contributed by atoms with E-state index in [1.54, 1.807) is 4.90 Å². The summed E-state index contributed by atoms with van der Waals surface area (Å²) in [5.74, 6) is 1.09. The number of hydrogen-bond donors (Lipinski definition) is 3. The largest absolute Gasteiger partial charge is 0.494 e. The number of aliphatic imine (C=N–C) groups is 1. The van der Waals surface area contributed by atoms with E-state index < -0.39 is 6.04 Å². The molecule has 3 rings (SSSR count). The lowest BCUT2D eigenvalue weighted by atomic mass is 10.1. The molecule has 0 aromatic heterocycles. The minimum absolute atomic E-state index is 0.216. The molecule has 2 aliphatic heterocycles. The molecular weight excluding hydrogens is 322 g/mol. The Kier molecular flexibility index (Phi) is 5.88. The van der Waals surface area contributed by atoms with Crippen molar-refractivity contribution in [1.29, 1.82) is 0 Å². The molecule has 0 saturated carbocycles. The average molecular weight is 347 g/mol. The maximum Gasteiger partial charge on any atom is 0.251 e. The summed E-state index contributed by atoms with van der Waals surface area (Å²) in [5.41, 5.74) is 1.81. The number of benzene rings is 1. The molecule has 1 aromatic carbocycles. The van der Waals surface area contributed by atoms with E-state index in [2.05, 4.69) is 10.3 Å². The third-order valence-electron chi connectivity index (χ3n) is 4.55. The predicted molar refractivity (Wildman–Crippen MR) is 93.8 cm³/mol. The Morgan fingerprint density at radius 3 is 2.80 bits per heavy atom. The number of carbonyl (C=O) groups is 1. The van der Waals surface area contributed by atoms with Crippen molar-refractivity contribution in [1.82, 2.24) is 10.2 Å². The Balaban J connectivity index is 1.54. The van der Waals surface area contributed by atoms with Crippen molar-refractivity contribution in [2.45, 2.75) is 44.7 Å². The molecule has 3 N–H and O–H groups in total. The second-order valence-electron chi connectivity index (χ2n) is 6.38. The lowest BCUT2D eigenvalue weighted by molar-refractivity contribution is -0.122. The van der Waals surface area contributed by atoms with E-state index >= 15 is 0 Å². The minimum atomic E-state index is -0.574. The fraction of sp³-hybridized carbons (Fsp3) is 0.556. The summed E-state index contributed by atoms with van der Waals surface area (Å²) in [4.78, 5) is 18.1. The molecule has 1 amide bonds. The van der Waals surface area contributed by atoms with E-state index in [0.29, 0.717) is 19.1 Å². The standard InChI is InChI=1S/C18H25N3O4/c22-8-4-2-1-3-5-9-25-14-6-7-15-13(10-14)11-21-16(12-23)17(24)20-18(21)19-15/h6-7,10,16,22-23H,1-5,8-9,11-12H2,(H,19,20,24). The van der Waals surface area contributed by atoms with Gasteiger partial charge in [0, 0.05) is 18.7 Å². The molecule has 25 heavy (non-hydrogen) atoms. The number of ether oxygens (including phenoxy) is 1. The lowest BCUT2D eigenvalue weighted by Crippen LogP contribution is -2.39. The molecule has 1 fully saturated rings. The van der Waals surface area contributed by atoms with Crippen LogP contribution in [0.15, 0.2) is 23.2 Å². The summed E-state index contributed by atoms with van der Waals surface area (Å²) in [6.45, 7) is 1.23. The van der Waals surface area contributed by atoms with Crippen molar-refractivity contribution in [2.75, 3.05) is 19.8 Å². The minimum Gasteiger partial charge on any atom is -0.494 e. The third-order valence-corrected chi connectivity index (χ3v) is 4.55. The topological polar surface area (TPSA) is 94.4 Å². The van der Waals surface area contributed by atoms with E-state index in [1.165, 1.54) is 0 Å². The average Bonchev–Trinajstić information content (AvgIpc) is 2.92. The maximum atomic E-state index is 11.8. The van der Waals surface area contributed by atoms with Gasteiger partial charge in [0.15, 0.2) is 0 Å². The monoisotopic (exact) mass is 347 g/mol. The van der Waals surface area contributed by atoms with E-state index in [1.807, 2.05) is 18.2 Å². The molecule has 1 atom stereocenters. The lowest BCUT2D eigenvalue weighted by Gasteiger charge is -2.27. The van der Waals surface area contributed by atoms with Crippen LogP contribution in [0.25, 0.3) is 0 Å². The second kappa shape index (κ2) is 8.31. The normalized spacial score (nSPS) is 18.5. The van der Waals surface area contributed by atoms with E-state index in [9.17, 15) is 9.90 Å². The zero-order valence-electron chi connectivity index (χ0n) is 14.3. The van der Waals surface area contributed by atoms with E-state index in [4.69, 9.17) is 9.84 Å². The van der Waals surface area contributed by atoms with Gasteiger partial charge < -0.3 is 19.8 Å². The van der Waals surface area contributed by atoms with Crippen LogP contribution in [0.5, 0.6) is 5.75 Å². The van der Waals surface area contributed by atoms with Crippen molar-refractivity contribution in [3.05, 3.63) is 23.8 Å². The molecule has 0 aliphatic carbocycles. The number of hydrogen-bond acceptors (Lipinski definition) is 6. The van der Waals surface area contributed by atoms with Gasteiger partial charge in [0.2, 0.25) is 5.96 Å². The van der Waals surface area contributed by atoms with Gasteiger partial charge in [0.1, 0.15) is 11.8 Å². The molecule has 2 aliphatic rings. The van der Waals surface area contributed by atoms with Crippen LogP contribution in [0, 0.1) is 0 Å². The molecule has 0 bridgehead atoms. The summed E-state index contributed by atoms with van der Waals surface area (Å²) in [5, 5.41) is 20.9. The molecule has 7 nitrogen and oxygen atoms in total. The summed E-state index contributed by atoms with van der Waals surface area (Å²) in [7, 11) is 0. The number of aliphatic hydroxyl groups is 2. The predicted octanol–water partition coefficient (Wildman–Crippen LogP) is 1.30. The molecule has 1 unspecified atom stereocenters.